The summed E-state index contributed by atoms with van der Waals surface area (Å²) in [7, 11) is 0. The second kappa shape index (κ2) is 11.0. The fourth-order valence-electron chi connectivity index (χ4n) is 7.52. The molecule has 1 aliphatic heterocycles. The van der Waals surface area contributed by atoms with Crippen LogP contribution < -0.4 is 9.80 Å². The predicted molar refractivity (Wildman–Crippen MR) is 205 cm³/mol. The first kappa shape index (κ1) is 27.5. The van der Waals surface area contributed by atoms with Gasteiger partial charge in [0.2, 0.25) is 0 Å². The van der Waals surface area contributed by atoms with Gasteiger partial charge < -0.3 is 14.2 Å². The Morgan fingerprint density at radius 2 is 1.06 bits per heavy atom. The summed E-state index contributed by atoms with van der Waals surface area (Å²) in [5.41, 5.74) is 13.2. The highest BCUT2D eigenvalue weighted by atomic mass is 16.3. The molecule has 3 heteroatoms. The van der Waals surface area contributed by atoms with Crippen LogP contribution in [0.3, 0.4) is 0 Å². The summed E-state index contributed by atoms with van der Waals surface area (Å²) in [4.78, 5) is 4.75. The van der Waals surface area contributed by atoms with Crippen molar-refractivity contribution in [2.45, 2.75) is 0 Å². The van der Waals surface area contributed by atoms with Crippen molar-refractivity contribution >= 4 is 66.8 Å². The van der Waals surface area contributed by atoms with Crippen LogP contribution in [0.25, 0.3) is 55.0 Å². The summed E-state index contributed by atoms with van der Waals surface area (Å²) in [6, 6.07) is 65.0. The van der Waals surface area contributed by atoms with Gasteiger partial charge in [0.15, 0.2) is 0 Å². The Balaban J connectivity index is 1.19. The van der Waals surface area contributed by atoms with E-state index in [0.717, 1.165) is 50.4 Å². The van der Waals surface area contributed by atoms with E-state index in [9.17, 15) is 0 Å². The first-order valence-electron chi connectivity index (χ1n) is 16.7. The number of fused-ring (bicyclic) bond motifs is 5. The predicted octanol–water partition coefficient (Wildman–Crippen LogP) is 13.3. The summed E-state index contributed by atoms with van der Waals surface area (Å²) in [6.07, 6.45) is 0. The van der Waals surface area contributed by atoms with Crippen LogP contribution in [0, 0.1) is 0 Å². The molecule has 0 atom stereocenters. The molecule has 230 valence electrons. The summed E-state index contributed by atoms with van der Waals surface area (Å²) >= 11 is 0. The molecule has 1 aromatic heterocycles. The molecule has 0 spiro atoms. The molecule has 0 N–H and O–H groups in total. The van der Waals surface area contributed by atoms with Gasteiger partial charge in [-0.1, -0.05) is 115 Å². The lowest BCUT2D eigenvalue weighted by Crippen LogP contribution is -2.16. The molecule has 49 heavy (non-hydrogen) atoms. The Morgan fingerprint density at radius 1 is 0.408 bits per heavy atom. The number of para-hydroxylation sites is 2. The summed E-state index contributed by atoms with van der Waals surface area (Å²) in [5, 5.41) is 4.76. The van der Waals surface area contributed by atoms with Crippen molar-refractivity contribution in [3.63, 3.8) is 0 Å². The third-order valence-corrected chi connectivity index (χ3v) is 9.76. The van der Waals surface area contributed by atoms with Crippen molar-refractivity contribution in [2.24, 2.45) is 0 Å². The van der Waals surface area contributed by atoms with Gasteiger partial charge in [0.25, 0.3) is 0 Å². The molecule has 0 bridgehead atoms. The normalized spacial score (nSPS) is 12.0. The zero-order valence-electron chi connectivity index (χ0n) is 26.6. The molecular formula is C46H30N2O. The van der Waals surface area contributed by atoms with Crippen LogP contribution in [0.5, 0.6) is 0 Å². The minimum Gasteiger partial charge on any atom is -0.456 e. The number of hydrogen-bond acceptors (Lipinski definition) is 3. The van der Waals surface area contributed by atoms with Gasteiger partial charge in [-0.2, -0.15) is 0 Å². The minimum absolute atomic E-state index is 0.870. The lowest BCUT2D eigenvalue weighted by atomic mass is 9.90. The van der Waals surface area contributed by atoms with Gasteiger partial charge in [0, 0.05) is 50.5 Å². The summed E-state index contributed by atoms with van der Waals surface area (Å²) in [5.74, 6) is 0. The molecule has 0 saturated carbocycles. The fourth-order valence-corrected chi connectivity index (χ4v) is 7.52. The fraction of sp³-hybridized carbons (Fsp3) is 0. The third-order valence-electron chi connectivity index (χ3n) is 9.76. The van der Waals surface area contributed by atoms with Crippen molar-refractivity contribution in [2.75, 3.05) is 9.80 Å². The maximum atomic E-state index is 6.39. The van der Waals surface area contributed by atoms with E-state index in [1.54, 1.807) is 0 Å². The molecule has 0 aliphatic carbocycles. The lowest BCUT2D eigenvalue weighted by Gasteiger charge is -2.35. The Kier molecular flexibility index (Phi) is 6.18. The Hall–Kier alpha value is -6.58. The maximum Gasteiger partial charge on any atom is 0.137 e. The largest absolute Gasteiger partial charge is 0.456 e. The summed E-state index contributed by atoms with van der Waals surface area (Å²) < 4.78 is 6.39. The molecule has 9 aromatic rings. The van der Waals surface area contributed by atoms with Crippen molar-refractivity contribution in [1.82, 2.24) is 0 Å². The van der Waals surface area contributed by atoms with Gasteiger partial charge in [-0.15, -0.1) is 0 Å². The van der Waals surface area contributed by atoms with Gasteiger partial charge in [0.05, 0.1) is 11.4 Å². The van der Waals surface area contributed by atoms with E-state index in [0.29, 0.717) is 0 Å². The number of hydrogen-bond donors (Lipinski definition) is 0. The van der Waals surface area contributed by atoms with Crippen molar-refractivity contribution in [3.05, 3.63) is 182 Å². The van der Waals surface area contributed by atoms with Crippen LogP contribution in [0.2, 0.25) is 0 Å². The van der Waals surface area contributed by atoms with E-state index < -0.39 is 0 Å². The molecule has 0 amide bonds. The second-order valence-electron chi connectivity index (χ2n) is 12.6. The van der Waals surface area contributed by atoms with Gasteiger partial charge in [-0.3, -0.25) is 0 Å². The minimum atomic E-state index is 0.870. The average Bonchev–Trinajstić information content (AvgIpc) is 3.54. The quantitative estimate of drug-likeness (QED) is 0.189. The molecule has 3 nitrogen and oxygen atoms in total. The van der Waals surface area contributed by atoms with E-state index in [2.05, 4.69) is 180 Å². The molecule has 1 aliphatic rings. The molecule has 0 saturated heterocycles. The van der Waals surface area contributed by atoms with E-state index in [4.69, 9.17) is 4.42 Å². The molecule has 10 rings (SSSR count). The van der Waals surface area contributed by atoms with Crippen LogP contribution in [-0.2, 0) is 0 Å². The monoisotopic (exact) mass is 626 g/mol. The van der Waals surface area contributed by atoms with Crippen molar-refractivity contribution in [1.29, 1.82) is 0 Å². The number of benzene rings is 8. The number of nitrogens with zero attached hydrogens (tertiary/aromatic N) is 2. The smallest absolute Gasteiger partial charge is 0.137 e. The molecule has 0 radical (unpaired) electrons. The van der Waals surface area contributed by atoms with Gasteiger partial charge >= 0.3 is 0 Å². The van der Waals surface area contributed by atoms with Crippen LogP contribution in [0.15, 0.2) is 186 Å². The molecule has 0 fully saturated rings. The maximum absolute atomic E-state index is 6.39. The van der Waals surface area contributed by atoms with Gasteiger partial charge in [-0.05, 0) is 82.7 Å². The Bertz CT molecular complexity index is 2650. The molecule has 2 heterocycles. The topological polar surface area (TPSA) is 19.6 Å². The number of furan rings is 1. The Labute approximate surface area is 284 Å². The van der Waals surface area contributed by atoms with Crippen LogP contribution in [0.4, 0.5) is 34.1 Å². The average molecular weight is 627 g/mol. The van der Waals surface area contributed by atoms with E-state index in [1.807, 2.05) is 12.1 Å². The van der Waals surface area contributed by atoms with Crippen molar-refractivity contribution in [3.8, 4) is 22.3 Å². The summed E-state index contributed by atoms with van der Waals surface area (Å²) in [6.45, 7) is 0. The highest BCUT2D eigenvalue weighted by Crippen LogP contribution is 2.52. The standard InChI is InChI=1S/C46H30N2O/c1-3-11-31(12-4-1)32-21-23-35(24-22-32)47(37-26-28-40-39-17-7-8-20-44(39)49-45(40)30-37)36-25-27-38-41-18-9-13-33-14-10-19-42(46(33)41)48(43(38)29-36)34-15-5-2-6-16-34/h1-30H. The highest BCUT2D eigenvalue weighted by Gasteiger charge is 2.27. The highest BCUT2D eigenvalue weighted by molar-refractivity contribution is 6.14. The van der Waals surface area contributed by atoms with Gasteiger partial charge in [0.1, 0.15) is 11.2 Å². The SMILES string of the molecule is c1ccc(-c2ccc(N(c3ccc4c(c3)N(c3ccccc3)c3cccc5cccc-4c35)c3ccc4c(c3)oc3ccccc34)cc2)cc1. The van der Waals surface area contributed by atoms with Crippen LogP contribution in [-0.4, -0.2) is 0 Å². The van der Waals surface area contributed by atoms with Crippen LogP contribution in [0.1, 0.15) is 0 Å². The van der Waals surface area contributed by atoms with Crippen LogP contribution >= 0.6 is 0 Å². The van der Waals surface area contributed by atoms with E-state index in [1.165, 1.54) is 38.7 Å². The first-order chi connectivity index (χ1) is 24.3. The number of rotatable bonds is 5. The van der Waals surface area contributed by atoms with Crippen molar-refractivity contribution < 1.29 is 4.42 Å². The zero-order chi connectivity index (χ0) is 32.3. The molecule has 0 unspecified atom stereocenters. The number of anilines is 6. The third kappa shape index (κ3) is 4.44. The Morgan fingerprint density at radius 3 is 1.90 bits per heavy atom. The second-order valence-corrected chi connectivity index (χ2v) is 12.6. The molecule has 8 aromatic carbocycles. The molecular weight excluding hydrogens is 597 g/mol. The van der Waals surface area contributed by atoms with E-state index >= 15 is 0 Å². The van der Waals surface area contributed by atoms with E-state index in [-0.39, 0.29) is 0 Å². The first-order valence-corrected chi connectivity index (χ1v) is 16.7. The van der Waals surface area contributed by atoms with Gasteiger partial charge in [-0.25, -0.2) is 0 Å². The zero-order valence-corrected chi connectivity index (χ0v) is 26.6. The lowest BCUT2D eigenvalue weighted by molar-refractivity contribution is 0.669.